The van der Waals surface area contributed by atoms with E-state index in [1.54, 1.807) is 57.2 Å². The Kier molecular flexibility index (Phi) is 6.58. The van der Waals surface area contributed by atoms with Crippen molar-refractivity contribution in [3.8, 4) is 11.1 Å². The van der Waals surface area contributed by atoms with Crippen molar-refractivity contribution >= 4 is 38.2 Å². The molecule has 174 valence electrons. The van der Waals surface area contributed by atoms with Gasteiger partial charge in [-0.05, 0) is 85.1 Å². The molecule has 1 heterocycles. The smallest absolute Gasteiger partial charge is 0.224 e. The molecule has 0 saturated carbocycles. The summed E-state index contributed by atoms with van der Waals surface area (Å²) in [5, 5.41) is 1.45. The predicted octanol–water partition coefficient (Wildman–Crippen LogP) is 5.75. The zero-order valence-electron chi connectivity index (χ0n) is 18.9. The summed E-state index contributed by atoms with van der Waals surface area (Å²) < 4.78 is 55.9. The number of aromatic nitrogens is 1. The highest BCUT2D eigenvalue weighted by molar-refractivity contribution is 7.92. The van der Waals surface area contributed by atoms with Gasteiger partial charge < -0.3 is 4.55 Å². The Morgan fingerprint density at radius 2 is 1.59 bits per heavy atom. The van der Waals surface area contributed by atoms with Crippen molar-refractivity contribution in [1.82, 2.24) is 4.98 Å². The van der Waals surface area contributed by atoms with Gasteiger partial charge in [-0.3, -0.25) is 0 Å². The van der Waals surface area contributed by atoms with Crippen molar-refractivity contribution in [2.45, 2.75) is 35.4 Å². The highest BCUT2D eigenvalue weighted by Crippen LogP contribution is 2.29. The molecule has 0 radical (unpaired) electrons. The van der Waals surface area contributed by atoms with E-state index in [-0.39, 0.29) is 21.3 Å². The maximum Gasteiger partial charge on any atom is 0.224 e. The van der Waals surface area contributed by atoms with Gasteiger partial charge in [0, 0.05) is 11.8 Å². The zero-order chi connectivity index (χ0) is 24.5. The van der Waals surface area contributed by atoms with E-state index in [0.29, 0.717) is 0 Å². The van der Waals surface area contributed by atoms with Crippen molar-refractivity contribution in [3.63, 3.8) is 0 Å². The molecule has 0 amide bonds. The number of fused-ring (bicyclic) bond motifs is 1. The average Bonchev–Trinajstić information content (AvgIpc) is 2.82. The van der Waals surface area contributed by atoms with Crippen LogP contribution < -0.4 is 0 Å². The van der Waals surface area contributed by atoms with E-state index >= 15 is 0 Å². The van der Waals surface area contributed by atoms with Crippen LogP contribution in [0.4, 0.5) is 4.39 Å². The van der Waals surface area contributed by atoms with Gasteiger partial charge in [0.2, 0.25) is 9.84 Å². The second-order valence-corrected chi connectivity index (χ2v) is 12.5. The second kappa shape index (κ2) is 9.29. The van der Waals surface area contributed by atoms with E-state index in [1.165, 1.54) is 30.6 Å². The van der Waals surface area contributed by atoms with Gasteiger partial charge in [0.15, 0.2) is 5.03 Å². The number of nitrogens with zero attached hydrogens (tertiary/aromatic N) is 2. The van der Waals surface area contributed by atoms with Gasteiger partial charge in [-0.1, -0.05) is 34.7 Å². The maximum atomic E-state index is 13.4. The first kappa shape index (κ1) is 24.1. The van der Waals surface area contributed by atoms with Gasteiger partial charge in [-0.15, -0.1) is 0 Å². The first-order valence-corrected chi connectivity index (χ1v) is 13.1. The summed E-state index contributed by atoms with van der Waals surface area (Å²) in [4.78, 5) is 4.20. The Morgan fingerprint density at radius 1 is 0.941 bits per heavy atom. The maximum absolute atomic E-state index is 13.4. The molecule has 4 aromatic rings. The van der Waals surface area contributed by atoms with Crippen molar-refractivity contribution in [2.75, 3.05) is 0 Å². The van der Waals surface area contributed by atoms with Crippen molar-refractivity contribution in [2.24, 2.45) is 4.40 Å². The van der Waals surface area contributed by atoms with Gasteiger partial charge in [0.25, 0.3) is 0 Å². The van der Waals surface area contributed by atoms with E-state index in [0.717, 1.165) is 21.9 Å². The monoisotopic (exact) mass is 494 g/mol. The zero-order valence-corrected chi connectivity index (χ0v) is 20.5. The normalized spacial score (nSPS) is 13.4. The van der Waals surface area contributed by atoms with Crippen LogP contribution in [0.3, 0.4) is 0 Å². The molecule has 0 aliphatic carbocycles. The molecule has 5 nitrogen and oxygen atoms in total. The lowest BCUT2D eigenvalue weighted by molar-refractivity contribution is 0.561. The third-order valence-electron chi connectivity index (χ3n) is 5.17. The Hall–Kier alpha value is -3.07. The molecule has 0 bridgehead atoms. The summed E-state index contributed by atoms with van der Waals surface area (Å²) in [6.07, 6.45) is 2.71. The fourth-order valence-electron chi connectivity index (χ4n) is 3.31. The average molecular weight is 495 g/mol. The Balaban J connectivity index is 1.71. The summed E-state index contributed by atoms with van der Waals surface area (Å²) in [5.74, 6) is -0.303. The highest BCUT2D eigenvalue weighted by atomic mass is 32.2. The summed E-state index contributed by atoms with van der Waals surface area (Å²) in [5.41, 5.74) is 2.04. The van der Waals surface area contributed by atoms with Gasteiger partial charge in [0.05, 0.1) is 11.1 Å². The lowest BCUT2D eigenvalue weighted by atomic mass is 10.0. The predicted molar refractivity (Wildman–Crippen MR) is 135 cm³/mol. The molecule has 0 aliphatic rings. The number of benzene rings is 3. The van der Waals surface area contributed by atoms with Crippen LogP contribution in [0.15, 0.2) is 93.3 Å². The Labute approximate surface area is 201 Å². The number of rotatable bonds is 5. The lowest BCUT2D eigenvalue weighted by Gasteiger charge is -2.17. The molecule has 8 heteroatoms. The molecule has 3 aromatic carbocycles. The lowest BCUT2D eigenvalue weighted by Crippen LogP contribution is -2.26. The van der Waals surface area contributed by atoms with Gasteiger partial charge >= 0.3 is 0 Å². The number of halogens is 1. The van der Waals surface area contributed by atoms with E-state index < -0.39 is 25.9 Å². The summed E-state index contributed by atoms with van der Waals surface area (Å²) >= 11 is -1.53. The minimum Gasteiger partial charge on any atom is -0.591 e. The SMILES string of the molecule is CC(C)(C)[S+]([O-])/N=C/c1cccnc1S(=O)(=O)c1ccc2cc(-c3ccc(F)cc3)ccc2c1. The van der Waals surface area contributed by atoms with Gasteiger partial charge in [-0.25, -0.2) is 17.8 Å². The molecule has 0 spiro atoms. The number of hydrogen-bond donors (Lipinski definition) is 0. The third-order valence-corrected chi connectivity index (χ3v) is 8.24. The first-order valence-electron chi connectivity index (χ1n) is 10.5. The topological polar surface area (TPSA) is 82.4 Å². The van der Waals surface area contributed by atoms with Crippen molar-refractivity contribution in [3.05, 3.63) is 90.4 Å². The van der Waals surface area contributed by atoms with E-state index in [2.05, 4.69) is 9.38 Å². The Bertz CT molecular complexity index is 1480. The Morgan fingerprint density at radius 3 is 2.29 bits per heavy atom. The van der Waals surface area contributed by atoms with Crippen LogP contribution in [0.25, 0.3) is 21.9 Å². The molecular formula is C26H23FN2O3S2. The van der Waals surface area contributed by atoms with E-state index in [4.69, 9.17) is 0 Å². The standard InChI is InChI=1S/C26H23FN2O3S2/c1-26(2,3)33(30)29-17-22-5-4-14-28-25(22)34(31,32)24-13-10-20-15-19(6-7-21(20)16-24)18-8-11-23(27)12-9-18/h4-17H,1-3H3/b29-17+. The number of pyridine rings is 1. The summed E-state index contributed by atoms with van der Waals surface area (Å²) in [7, 11) is -3.95. The van der Waals surface area contributed by atoms with Crippen LogP contribution >= 0.6 is 0 Å². The summed E-state index contributed by atoms with van der Waals surface area (Å²) in [6.45, 7) is 5.37. The van der Waals surface area contributed by atoms with Gasteiger partial charge in [-0.2, -0.15) is 0 Å². The van der Waals surface area contributed by atoms with E-state index in [1.807, 2.05) is 18.2 Å². The third kappa shape index (κ3) is 5.04. The molecule has 0 aliphatic heterocycles. The van der Waals surface area contributed by atoms with Crippen LogP contribution in [-0.2, 0) is 21.2 Å². The first-order chi connectivity index (χ1) is 16.1. The molecular weight excluding hydrogens is 471 g/mol. The van der Waals surface area contributed by atoms with Crippen LogP contribution in [-0.4, -0.2) is 28.9 Å². The van der Waals surface area contributed by atoms with E-state index in [9.17, 15) is 17.4 Å². The van der Waals surface area contributed by atoms with Crippen molar-refractivity contribution < 1.29 is 17.4 Å². The number of sulfone groups is 1. The van der Waals surface area contributed by atoms with Crippen LogP contribution in [0, 0.1) is 5.82 Å². The van der Waals surface area contributed by atoms with Crippen LogP contribution in [0.1, 0.15) is 26.3 Å². The number of hydrogen-bond acceptors (Lipinski definition) is 5. The molecule has 1 aromatic heterocycles. The van der Waals surface area contributed by atoms with Crippen LogP contribution in [0.2, 0.25) is 0 Å². The fourth-order valence-corrected chi connectivity index (χ4v) is 5.22. The quantitative estimate of drug-likeness (QED) is 0.261. The molecule has 0 fully saturated rings. The fraction of sp³-hybridized carbons (Fsp3) is 0.154. The molecule has 4 rings (SSSR count). The molecule has 34 heavy (non-hydrogen) atoms. The summed E-state index contributed by atoms with van der Waals surface area (Å²) in [6, 6.07) is 19.9. The molecule has 1 unspecified atom stereocenters. The minimum absolute atomic E-state index is 0.0971. The van der Waals surface area contributed by atoms with Crippen LogP contribution in [0.5, 0.6) is 0 Å². The molecule has 0 saturated heterocycles. The van der Waals surface area contributed by atoms with Gasteiger partial charge in [0.1, 0.15) is 21.9 Å². The second-order valence-electron chi connectivity index (χ2n) is 8.73. The molecule has 1 atom stereocenters. The largest absolute Gasteiger partial charge is 0.591 e. The minimum atomic E-state index is -3.95. The van der Waals surface area contributed by atoms with Crippen molar-refractivity contribution in [1.29, 1.82) is 0 Å². The highest BCUT2D eigenvalue weighted by Gasteiger charge is 2.27. The molecule has 0 N–H and O–H groups in total.